The van der Waals surface area contributed by atoms with E-state index in [9.17, 15) is 25.5 Å². The lowest BCUT2D eigenvalue weighted by Crippen LogP contribution is -2.46. The van der Waals surface area contributed by atoms with E-state index >= 15 is 0 Å². The molecule has 11 nitrogen and oxygen atoms in total. The van der Waals surface area contributed by atoms with Crippen LogP contribution in [0.4, 0.5) is 0 Å². The number of hydrogen-bond donors (Lipinski definition) is 5. The fourth-order valence-electron chi connectivity index (χ4n) is 9.73. The van der Waals surface area contributed by atoms with Gasteiger partial charge in [-0.1, -0.05) is 19.1 Å². The Labute approximate surface area is 357 Å². The Bertz CT molecular complexity index is 2320. The molecular weight excluding hydrogens is 777 g/mol. The Morgan fingerprint density at radius 3 is 2.36 bits per heavy atom. The number of aryl methyl sites for hydroxylation is 1. The van der Waals surface area contributed by atoms with Crippen molar-refractivity contribution in [1.29, 1.82) is 0 Å². The number of phenolic OH excluding ortho intramolecular Hbond substituents is 3. The molecule has 0 aromatic heterocycles. The Hall–Kier alpha value is -5.20. The zero-order chi connectivity index (χ0) is 42.6. The van der Waals surface area contributed by atoms with Crippen molar-refractivity contribution >= 4 is 10.8 Å². The van der Waals surface area contributed by atoms with Gasteiger partial charge in [0.1, 0.15) is 46.4 Å². The minimum Gasteiger partial charge on any atom is -0.508 e. The van der Waals surface area contributed by atoms with E-state index < -0.39 is 30.1 Å². The highest BCUT2D eigenvalue weighted by atomic mass is 16.5. The molecule has 0 saturated heterocycles. The van der Waals surface area contributed by atoms with Crippen molar-refractivity contribution in [1.82, 2.24) is 0 Å². The first-order valence-corrected chi connectivity index (χ1v) is 21.7. The molecule has 5 N–H and O–H groups in total. The van der Waals surface area contributed by atoms with Crippen molar-refractivity contribution in [3.63, 3.8) is 0 Å². The third-order valence-corrected chi connectivity index (χ3v) is 12.7. The van der Waals surface area contributed by atoms with Crippen LogP contribution in [0.3, 0.4) is 0 Å². The molecule has 3 aliphatic rings. The first kappa shape index (κ1) is 42.5. The van der Waals surface area contributed by atoms with Crippen LogP contribution in [0, 0.1) is 11.8 Å². The Morgan fingerprint density at radius 2 is 1.61 bits per heavy atom. The van der Waals surface area contributed by atoms with Gasteiger partial charge in [0.15, 0.2) is 0 Å². The van der Waals surface area contributed by atoms with Crippen LogP contribution in [0.15, 0.2) is 72.8 Å². The lowest BCUT2D eigenvalue weighted by atomic mass is 9.72. The Kier molecular flexibility index (Phi) is 13.1. The summed E-state index contributed by atoms with van der Waals surface area (Å²) in [7, 11) is 3.26. The quantitative estimate of drug-likeness (QED) is 0.0605. The van der Waals surface area contributed by atoms with E-state index in [1.807, 2.05) is 49.4 Å². The van der Waals surface area contributed by atoms with Crippen LogP contribution >= 0.6 is 0 Å². The topological polar surface area (TPSA) is 157 Å². The summed E-state index contributed by atoms with van der Waals surface area (Å²) in [6.07, 6.45) is 4.84. The SMILES string of the molecule is CCc1cc(-c2cccc(O)c2)c(Cc2cc(OC3CCCC3)cc3c2OC[C@H]([C@H]2[C@@H](CCCOC)Oc4c(cc(OC)c5cc(O)ccc45)[C@@H]2OCCCO)[C@@H]3O)cc1O. The summed E-state index contributed by atoms with van der Waals surface area (Å²) < 4.78 is 38.7. The van der Waals surface area contributed by atoms with Crippen LogP contribution in [0.25, 0.3) is 21.9 Å². The second-order valence-electron chi connectivity index (χ2n) is 16.6. The number of aliphatic hydroxyl groups excluding tert-OH is 2. The molecule has 0 bridgehead atoms. The zero-order valence-electron chi connectivity index (χ0n) is 35.3. The van der Waals surface area contributed by atoms with Crippen LogP contribution in [0.2, 0.25) is 0 Å². The normalized spacial score (nSPS) is 21.1. The molecule has 8 rings (SSSR count). The minimum atomic E-state index is -1.01. The summed E-state index contributed by atoms with van der Waals surface area (Å²) in [5.74, 6) is 1.93. The third kappa shape index (κ3) is 8.79. The molecule has 2 heterocycles. The maximum Gasteiger partial charge on any atom is 0.133 e. The van der Waals surface area contributed by atoms with E-state index in [1.54, 1.807) is 44.6 Å². The van der Waals surface area contributed by atoms with Gasteiger partial charge in [0.25, 0.3) is 0 Å². The van der Waals surface area contributed by atoms with Gasteiger partial charge in [-0.15, -0.1) is 0 Å². The van der Waals surface area contributed by atoms with Crippen LogP contribution < -0.4 is 18.9 Å². The highest BCUT2D eigenvalue weighted by Gasteiger charge is 2.49. The fourth-order valence-corrected chi connectivity index (χ4v) is 9.73. The monoisotopic (exact) mass is 834 g/mol. The number of benzene rings is 5. The van der Waals surface area contributed by atoms with Gasteiger partial charge in [0, 0.05) is 72.6 Å². The van der Waals surface area contributed by atoms with Gasteiger partial charge >= 0.3 is 0 Å². The van der Waals surface area contributed by atoms with Gasteiger partial charge < -0.3 is 54.0 Å². The smallest absolute Gasteiger partial charge is 0.133 e. The number of aromatic hydroxyl groups is 3. The minimum absolute atomic E-state index is 0.0422. The highest BCUT2D eigenvalue weighted by Crippen LogP contribution is 2.55. The van der Waals surface area contributed by atoms with Crippen molar-refractivity contribution in [3.05, 3.63) is 101 Å². The summed E-state index contributed by atoms with van der Waals surface area (Å²) in [5.41, 5.74) is 5.52. The second-order valence-corrected chi connectivity index (χ2v) is 16.6. The number of fused-ring (bicyclic) bond motifs is 4. The number of ether oxygens (including phenoxy) is 6. The molecule has 11 heteroatoms. The average molecular weight is 835 g/mol. The van der Waals surface area contributed by atoms with Crippen LogP contribution in [0.5, 0.6) is 40.2 Å². The molecule has 0 spiro atoms. The molecule has 1 aliphatic carbocycles. The summed E-state index contributed by atoms with van der Waals surface area (Å²) in [4.78, 5) is 0. The van der Waals surface area contributed by atoms with Crippen molar-refractivity contribution in [3.8, 4) is 51.4 Å². The number of phenols is 3. The standard InChI is InChI=1S/C50H58O11/c1-4-29-23-38(30-10-7-11-33(52)21-30)31(24-43(29)54)20-32-22-36(60-35-12-5-6-13-35)26-40-47(55)42(28-59-48(32)40)46-44(14-8-18-56-2)61-49-37-16-15-34(53)25-39(37)45(57-3)27-41(49)50(46)58-19-9-17-51/h7,10-11,15-16,21-27,35,42,44,46-47,50-55H,4-6,8-9,12-14,17-20,28H2,1-3H3/t42-,44-,46+,47-,50+/m1/s1. The number of methoxy groups -OCH3 is 2. The molecule has 2 aliphatic heterocycles. The largest absolute Gasteiger partial charge is 0.508 e. The average Bonchev–Trinajstić information content (AvgIpc) is 3.77. The Balaban J connectivity index is 1.24. The molecule has 1 fully saturated rings. The first-order valence-electron chi connectivity index (χ1n) is 21.7. The molecule has 0 radical (unpaired) electrons. The van der Waals surface area contributed by atoms with E-state index in [-0.39, 0.29) is 43.2 Å². The zero-order valence-corrected chi connectivity index (χ0v) is 35.3. The molecule has 0 amide bonds. The van der Waals surface area contributed by atoms with Gasteiger partial charge in [-0.2, -0.15) is 0 Å². The molecule has 1 saturated carbocycles. The van der Waals surface area contributed by atoms with Crippen molar-refractivity contribution in [2.24, 2.45) is 11.8 Å². The molecular formula is C50H58O11. The Morgan fingerprint density at radius 1 is 0.787 bits per heavy atom. The van der Waals surface area contributed by atoms with Crippen LogP contribution in [-0.4, -0.2) is 78.4 Å². The van der Waals surface area contributed by atoms with Crippen molar-refractivity contribution in [2.75, 3.05) is 40.6 Å². The van der Waals surface area contributed by atoms with Gasteiger partial charge in [0.05, 0.1) is 32.0 Å². The van der Waals surface area contributed by atoms with E-state index in [1.165, 1.54) is 0 Å². The molecule has 5 aromatic rings. The van der Waals surface area contributed by atoms with Crippen molar-refractivity contribution < 1.29 is 54.0 Å². The van der Waals surface area contributed by atoms with Gasteiger partial charge in [-0.3, -0.25) is 0 Å². The predicted molar refractivity (Wildman–Crippen MR) is 232 cm³/mol. The summed E-state index contributed by atoms with van der Waals surface area (Å²) in [6, 6.07) is 21.9. The first-order chi connectivity index (χ1) is 29.7. The maximum atomic E-state index is 12.8. The molecule has 0 unspecified atom stereocenters. The van der Waals surface area contributed by atoms with Gasteiger partial charge in [0.2, 0.25) is 0 Å². The summed E-state index contributed by atoms with van der Waals surface area (Å²) in [6.45, 7) is 2.90. The maximum absolute atomic E-state index is 12.8. The van der Waals surface area contributed by atoms with Gasteiger partial charge in [-0.05, 0) is 134 Å². The summed E-state index contributed by atoms with van der Waals surface area (Å²) in [5, 5.41) is 56.2. The third-order valence-electron chi connectivity index (χ3n) is 12.7. The van der Waals surface area contributed by atoms with E-state index in [0.29, 0.717) is 72.7 Å². The van der Waals surface area contributed by atoms with Gasteiger partial charge in [-0.25, -0.2) is 0 Å². The molecule has 5 aromatic carbocycles. The number of hydrogen-bond acceptors (Lipinski definition) is 11. The van der Waals surface area contributed by atoms with Crippen molar-refractivity contribution in [2.45, 2.75) is 89.1 Å². The molecule has 5 atom stereocenters. The highest BCUT2D eigenvalue weighted by molar-refractivity contribution is 5.96. The molecule has 324 valence electrons. The second kappa shape index (κ2) is 18.8. The lowest BCUT2D eigenvalue weighted by Gasteiger charge is -2.46. The van der Waals surface area contributed by atoms with E-state index in [4.69, 9.17) is 28.4 Å². The lowest BCUT2D eigenvalue weighted by molar-refractivity contribution is -0.113. The molecule has 61 heavy (non-hydrogen) atoms. The number of aliphatic hydroxyl groups is 2. The summed E-state index contributed by atoms with van der Waals surface area (Å²) >= 11 is 0. The fraction of sp³-hybridized carbons (Fsp3) is 0.440. The predicted octanol–water partition coefficient (Wildman–Crippen LogP) is 9.09. The number of rotatable bonds is 16. The van der Waals surface area contributed by atoms with Crippen LogP contribution in [0.1, 0.15) is 91.9 Å². The van der Waals surface area contributed by atoms with Crippen LogP contribution in [-0.2, 0) is 22.3 Å². The van der Waals surface area contributed by atoms with E-state index in [0.717, 1.165) is 64.5 Å². The van der Waals surface area contributed by atoms with E-state index in [2.05, 4.69) is 0 Å².